The van der Waals surface area contributed by atoms with Crippen LogP contribution in [-0.4, -0.2) is 24.1 Å². The van der Waals surface area contributed by atoms with E-state index in [-0.39, 0.29) is 0 Å². The number of nitrogens with zero attached hydrogens (tertiary/aromatic N) is 3. The van der Waals surface area contributed by atoms with E-state index in [0.717, 1.165) is 36.1 Å². The molecule has 3 aromatic rings. The summed E-state index contributed by atoms with van der Waals surface area (Å²) in [6, 6.07) is 21.0. The summed E-state index contributed by atoms with van der Waals surface area (Å²) in [4.78, 5) is 6.76. The molecule has 1 aromatic heterocycles. The maximum atomic E-state index is 9.44. The highest BCUT2D eigenvalue weighted by Crippen LogP contribution is 2.28. The zero-order chi connectivity index (χ0) is 16.4. The number of anilines is 2. The Kier molecular flexibility index (Phi) is 3.76. The zero-order valence-electron chi connectivity index (χ0n) is 13.3. The molecule has 0 amide bonds. The van der Waals surface area contributed by atoms with E-state index in [2.05, 4.69) is 45.5 Å². The fraction of sp³-hybridized carbons (Fsp3) is 0.200. The van der Waals surface area contributed by atoms with Gasteiger partial charge >= 0.3 is 0 Å². The van der Waals surface area contributed by atoms with Gasteiger partial charge in [0.25, 0.3) is 0 Å². The van der Waals surface area contributed by atoms with E-state index in [4.69, 9.17) is 0 Å². The number of para-hydroxylation sites is 2. The molecule has 1 fully saturated rings. The first-order valence-corrected chi connectivity index (χ1v) is 8.19. The molecule has 2 heterocycles. The summed E-state index contributed by atoms with van der Waals surface area (Å²) < 4.78 is 0. The lowest BCUT2D eigenvalue weighted by Gasteiger charge is -2.20. The minimum Gasteiger partial charge on any atom is -0.379 e. The Labute approximate surface area is 141 Å². The monoisotopic (exact) mass is 314 g/mol. The first kappa shape index (κ1) is 14.5. The van der Waals surface area contributed by atoms with Crippen molar-refractivity contribution in [3.8, 4) is 6.07 Å². The number of aromatic nitrogens is 1. The van der Waals surface area contributed by atoms with Crippen LogP contribution in [-0.2, 0) is 0 Å². The van der Waals surface area contributed by atoms with Crippen molar-refractivity contribution in [2.24, 2.45) is 0 Å². The molecule has 0 spiro atoms. The van der Waals surface area contributed by atoms with Crippen LogP contribution in [0.5, 0.6) is 0 Å². The molecule has 2 aromatic carbocycles. The molecule has 1 saturated heterocycles. The van der Waals surface area contributed by atoms with Crippen LogP contribution in [0.3, 0.4) is 0 Å². The topological polar surface area (TPSA) is 52.0 Å². The van der Waals surface area contributed by atoms with Crippen LogP contribution in [0.4, 0.5) is 11.4 Å². The van der Waals surface area contributed by atoms with Gasteiger partial charge in [0.2, 0.25) is 0 Å². The highest BCUT2D eigenvalue weighted by molar-refractivity contribution is 5.94. The van der Waals surface area contributed by atoms with E-state index in [1.807, 2.05) is 30.3 Å². The maximum Gasteiger partial charge on any atom is 0.103 e. The molecule has 24 heavy (non-hydrogen) atoms. The number of pyridine rings is 1. The van der Waals surface area contributed by atoms with Crippen molar-refractivity contribution in [1.29, 1.82) is 5.26 Å². The summed E-state index contributed by atoms with van der Waals surface area (Å²) in [6.07, 6.45) is 2.71. The highest BCUT2D eigenvalue weighted by Gasteiger charge is 2.24. The lowest BCUT2D eigenvalue weighted by Crippen LogP contribution is -2.26. The average molecular weight is 314 g/mol. The van der Waals surface area contributed by atoms with Gasteiger partial charge in [-0.15, -0.1) is 0 Å². The maximum absolute atomic E-state index is 9.44. The van der Waals surface area contributed by atoms with Crippen molar-refractivity contribution in [1.82, 2.24) is 4.98 Å². The van der Waals surface area contributed by atoms with Gasteiger partial charge in [-0.25, -0.2) is 0 Å². The van der Waals surface area contributed by atoms with Gasteiger partial charge in [0.15, 0.2) is 0 Å². The molecular formula is C20H18N4. The van der Waals surface area contributed by atoms with Crippen LogP contribution in [0.1, 0.15) is 12.0 Å². The van der Waals surface area contributed by atoms with Crippen molar-refractivity contribution >= 4 is 22.3 Å². The number of hydrogen-bond acceptors (Lipinski definition) is 4. The first-order chi connectivity index (χ1) is 11.8. The third-order valence-corrected chi connectivity index (χ3v) is 4.55. The van der Waals surface area contributed by atoms with Crippen molar-refractivity contribution in [3.05, 3.63) is 66.4 Å². The Morgan fingerprint density at radius 2 is 1.88 bits per heavy atom. The Balaban J connectivity index is 1.60. The summed E-state index contributed by atoms with van der Waals surface area (Å²) in [7, 11) is 0. The lowest BCUT2D eigenvalue weighted by molar-refractivity contribution is 0.808. The predicted molar refractivity (Wildman–Crippen MR) is 97.1 cm³/mol. The molecule has 0 aliphatic carbocycles. The van der Waals surface area contributed by atoms with Gasteiger partial charge in [-0.05, 0) is 24.6 Å². The van der Waals surface area contributed by atoms with Crippen LogP contribution in [0.15, 0.2) is 60.8 Å². The van der Waals surface area contributed by atoms with Crippen molar-refractivity contribution in [3.63, 3.8) is 0 Å². The minimum absolute atomic E-state index is 0.322. The van der Waals surface area contributed by atoms with Gasteiger partial charge in [0.05, 0.1) is 16.8 Å². The van der Waals surface area contributed by atoms with Crippen LogP contribution < -0.4 is 10.2 Å². The average Bonchev–Trinajstić information content (AvgIpc) is 3.11. The highest BCUT2D eigenvalue weighted by atomic mass is 15.2. The van der Waals surface area contributed by atoms with E-state index in [0.29, 0.717) is 11.6 Å². The van der Waals surface area contributed by atoms with Crippen LogP contribution in [0.2, 0.25) is 0 Å². The third-order valence-electron chi connectivity index (χ3n) is 4.55. The summed E-state index contributed by atoms with van der Waals surface area (Å²) in [5, 5.41) is 14.0. The van der Waals surface area contributed by atoms with Gasteiger partial charge in [-0.2, -0.15) is 5.26 Å². The molecule has 1 aliphatic rings. The second-order valence-corrected chi connectivity index (χ2v) is 6.09. The van der Waals surface area contributed by atoms with Gasteiger partial charge < -0.3 is 10.2 Å². The summed E-state index contributed by atoms with van der Waals surface area (Å²) in [6.45, 7) is 1.96. The molecule has 1 unspecified atom stereocenters. The summed E-state index contributed by atoms with van der Waals surface area (Å²) in [5.74, 6) is 0. The molecule has 4 nitrogen and oxygen atoms in total. The number of benzene rings is 2. The largest absolute Gasteiger partial charge is 0.379 e. The fourth-order valence-electron chi connectivity index (χ4n) is 3.34. The van der Waals surface area contributed by atoms with Crippen LogP contribution >= 0.6 is 0 Å². The Bertz CT molecular complexity index is 898. The molecule has 1 atom stereocenters. The summed E-state index contributed by atoms with van der Waals surface area (Å²) >= 11 is 0. The van der Waals surface area contributed by atoms with Gasteiger partial charge in [-0.3, -0.25) is 4.98 Å². The van der Waals surface area contributed by atoms with Gasteiger partial charge in [-0.1, -0.05) is 36.4 Å². The number of nitrogens with one attached hydrogen (secondary N) is 1. The smallest absolute Gasteiger partial charge is 0.103 e. The molecule has 1 aliphatic heterocycles. The predicted octanol–water partition coefficient (Wildman–Crippen LogP) is 3.80. The van der Waals surface area contributed by atoms with Crippen molar-refractivity contribution in [2.45, 2.75) is 12.5 Å². The second-order valence-electron chi connectivity index (χ2n) is 6.09. The molecule has 0 radical (unpaired) electrons. The second kappa shape index (κ2) is 6.21. The Morgan fingerprint density at radius 3 is 2.71 bits per heavy atom. The van der Waals surface area contributed by atoms with Crippen molar-refractivity contribution in [2.75, 3.05) is 23.3 Å². The normalized spacial score (nSPS) is 17.0. The first-order valence-electron chi connectivity index (χ1n) is 8.19. The number of nitriles is 1. The number of rotatable bonds is 3. The number of hydrogen-bond donors (Lipinski definition) is 1. The SMILES string of the molecule is N#Cc1cnc2ccccc2c1NC1CCN(c2ccccc2)C1. The third kappa shape index (κ3) is 2.65. The minimum atomic E-state index is 0.322. The standard InChI is InChI=1S/C20H18N4/c21-12-15-13-22-19-9-5-4-8-18(19)20(15)23-16-10-11-24(14-16)17-6-2-1-3-7-17/h1-9,13,16H,10-11,14H2,(H,22,23). The van der Waals surface area contributed by atoms with E-state index in [1.54, 1.807) is 6.20 Å². The van der Waals surface area contributed by atoms with Crippen molar-refractivity contribution < 1.29 is 0 Å². The molecule has 0 bridgehead atoms. The molecule has 4 heteroatoms. The zero-order valence-corrected chi connectivity index (χ0v) is 13.3. The molecule has 118 valence electrons. The molecule has 4 rings (SSSR count). The van der Waals surface area contributed by atoms with Gasteiger partial charge in [0, 0.05) is 36.4 Å². The molecule has 0 saturated carbocycles. The quantitative estimate of drug-likeness (QED) is 0.799. The van der Waals surface area contributed by atoms with E-state index < -0.39 is 0 Å². The number of fused-ring (bicyclic) bond motifs is 1. The Hall–Kier alpha value is -3.06. The lowest BCUT2D eigenvalue weighted by atomic mass is 10.1. The fourth-order valence-corrected chi connectivity index (χ4v) is 3.34. The molecule has 1 N–H and O–H groups in total. The summed E-state index contributed by atoms with van der Waals surface area (Å²) in [5.41, 5.74) is 3.67. The van der Waals surface area contributed by atoms with E-state index in [1.165, 1.54) is 5.69 Å². The van der Waals surface area contributed by atoms with Crippen LogP contribution in [0.25, 0.3) is 10.9 Å². The Morgan fingerprint density at radius 1 is 1.08 bits per heavy atom. The van der Waals surface area contributed by atoms with Gasteiger partial charge in [0.1, 0.15) is 6.07 Å². The van der Waals surface area contributed by atoms with E-state index in [9.17, 15) is 5.26 Å². The molecular weight excluding hydrogens is 296 g/mol. The van der Waals surface area contributed by atoms with Crippen LogP contribution in [0, 0.1) is 11.3 Å². The van der Waals surface area contributed by atoms with E-state index >= 15 is 0 Å².